The molecule has 0 unspecified atom stereocenters. The van der Waals surface area contributed by atoms with Crippen LogP contribution in [0.1, 0.15) is 18.1 Å². The highest BCUT2D eigenvalue weighted by molar-refractivity contribution is 14.1. The minimum atomic E-state index is -1.00. The van der Waals surface area contributed by atoms with E-state index in [9.17, 15) is 14.4 Å². The van der Waals surface area contributed by atoms with Crippen LogP contribution in [0.4, 0.5) is 11.4 Å². The first-order chi connectivity index (χ1) is 18.2. The summed E-state index contributed by atoms with van der Waals surface area (Å²) in [4.78, 5) is 36.6. The number of amides is 3. The smallest absolute Gasteiger partial charge is 0.329 e. The minimum Gasteiger partial charge on any atom is -0.490 e. The Kier molecular flexibility index (Phi) is 10.7. The van der Waals surface area contributed by atoms with Gasteiger partial charge in [0.25, 0.3) is 5.91 Å². The van der Waals surface area contributed by atoms with Gasteiger partial charge in [-0.1, -0.05) is 47.0 Å². The van der Waals surface area contributed by atoms with Gasteiger partial charge in [0.1, 0.15) is 0 Å². The van der Waals surface area contributed by atoms with E-state index in [-0.39, 0.29) is 28.2 Å². The highest BCUT2D eigenvalue weighted by Crippen LogP contribution is 2.34. The summed E-state index contributed by atoms with van der Waals surface area (Å²) >= 11 is 14.0. The first-order valence-electron chi connectivity index (χ1n) is 11.2. The minimum absolute atomic E-state index is 0.117. The van der Waals surface area contributed by atoms with Crippen molar-refractivity contribution in [3.8, 4) is 11.5 Å². The maximum atomic E-state index is 12.3. The lowest BCUT2D eigenvalue weighted by Crippen LogP contribution is -2.32. The Morgan fingerprint density at radius 3 is 2.45 bits per heavy atom. The second-order valence-corrected chi connectivity index (χ2v) is 9.67. The van der Waals surface area contributed by atoms with Crippen LogP contribution in [0.15, 0.2) is 59.7 Å². The number of benzene rings is 3. The molecule has 0 aliphatic carbocycles. The predicted octanol–water partition coefficient (Wildman–Crippen LogP) is 5.41. The number of hydrogen-bond acceptors (Lipinski definition) is 6. The van der Waals surface area contributed by atoms with Crippen molar-refractivity contribution in [2.45, 2.75) is 13.8 Å². The summed E-state index contributed by atoms with van der Waals surface area (Å²) in [6.45, 7) is 3.90. The molecule has 0 heterocycles. The predicted molar refractivity (Wildman–Crippen MR) is 156 cm³/mol. The van der Waals surface area contributed by atoms with Crippen LogP contribution in [0, 0.1) is 10.5 Å². The van der Waals surface area contributed by atoms with Crippen molar-refractivity contribution in [1.29, 1.82) is 0 Å². The number of aryl methyl sites for hydroxylation is 1. The molecule has 0 atom stereocenters. The lowest BCUT2D eigenvalue weighted by molar-refractivity contribution is -0.136. The molecule has 0 bridgehead atoms. The highest BCUT2D eigenvalue weighted by atomic mass is 127. The molecule has 3 aromatic rings. The number of anilines is 2. The number of nitrogens with one attached hydrogen (secondary N) is 3. The number of hydrazone groups is 1. The Bertz CT molecular complexity index is 1370. The molecule has 0 saturated carbocycles. The number of carbonyl (C=O) groups excluding carboxylic acids is 3. The van der Waals surface area contributed by atoms with E-state index in [4.69, 9.17) is 32.7 Å². The molecular weight excluding hydrogens is 646 g/mol. The molecule has 0 fully saturated rings. The van der Waals surface area contributed by atoms with E-state index in [1.807, 2.05) is 60.7 Å². The lowest BCUT2D eigenvalue weighted by Gasteiger charge is -2.14. The Hall–Kier alpha value is -3.35. The quantitative estimate of drug-likeness (QED) is 0.122. The largest absolute Gasteiger partial charge is 0.490 e. The number of carbonyl (C=O) groups is 3. The zero-order valence-corrected chi connectivity index (χ0v) is 24.0. The van der Waals surface area contributed by atoms with Crippen LogP contribution < -0.4 is 25.5 Å². The summed E-state index contributed by atoms with van der Waals surface area (Å²) in [7, 11) is 0. The molecular formula is C26H23Cl2IN4O5. The van der Waals surface area contributed by atoms with Gasteiger partial charge >= 0.3 is 11.8 Å². The van der Waals surface area contributed by atoms with Crippen molar-refractivity contribution >= 4 is 81.1 Å². The first-order valence-corrected chi connectivity index (χ1v) is 13.1. The third-order valence-electron chi connectivity index (χ3n) is 4.80. The van der Waals surface area contributed by atoms with Crippen molar-refractivity contribution in [3.05, 3.63) is 79.3 Å². The summed E-state index contributed by atoms with van der Waals surface area (Å²) in [6.07, 6.45) is 1.34. The molecule has 0 radical (unpaired) electrons. The zero-order valence-electron chi connectivity index (χ0n) is 20.3. The number of ether oxygens (including phenoxy) is 2. The van der Waals surface area contributed by atoms with Gasteiger partial charge in [0, 0.05) is 5.69 Å². The van der Waals surface area contributed by atoms with E-state index in [1.165, 1.54) is 12.3 Å². The van der Waals surface area contributed by atoms with Gasteiger partial charge in [-0.15, -0.1) is 0 Å². The van der Waals surface area contributed by atoms with Crippen LogP contribution in [-0.4, -0.2) is 37.1 Å². The highest BCUT2D eigenvalue weighted by Gasteiger charge is 2.16. The maximum absolute atomic E-state index is 12.3. The van der Waals surface area contributed by atoms with Crippen molar-refractivity contribution < 1.29 is 23.9 Å². The van der Waals surface area contributed by atoms with Gasteiger partial charge < -0.3 is 20.1 Å². The van der Waals surface area contributed by atoms with Gasteiger partial charge in [-0.25, -0.2) is 5.43 Å². The van der Waals surface area contributed by atoms with E-state index in [2.05, 4.69) is 21.2 Å². The monoisotopic (exact) mass is 668 g/mol. The molecule has 0 saturated heterocycles. The van der Waals surface area contributed by atoms with Gasteiger partial charge in [-0.3, -0.25) is 14.4 Å². The topological polar surface area (TPSA) is 118 Å². The number of nitrogens with zero attached hydrogens (tertiary/aromatic N) is 1. The number of hydrogen-bond donors (Lipinski definition) is 3. The van der Waals surface area contributed by atoms with E-state index in [1.54, 1.807) is 24.3 Å². The molecule has 3 amide bonds. The fourth-order valence-corrected chi connectivity index (χ4v) is 4.16. The van der Waals surface area contributed by atoms with Gasteiger partial charge in [0.2, 0.25) is 0 Å². The van der Waals surface area contributed by atoms with E-state index < -0.39 is 11.8 Å². The second kappa shape index (κ2) is 14.0. The zero-order chi connectivity index (χ0) is 27.7. The Morgan fingerprint density at radius 2 is 1.74 bits per heavy atom. The van der Waals surface area contributed by atoms with Crippen LogP contribution in [0.3, 0.4) is 0 Å². The van der Waals surface area contributed by atoms with Crippen LogP contribution >= 0.6 is 45.8 Å². The van der Waals surface area contributed by atoms with Crippen molar-refractivity contribution in [3.63, 3.8) is 0 Å². The Labute approximate surface area is 243 Å². The van der Waals surface area contributed by atoms with Crippen molar-refractivity contribution in [1.82, 2.24) is 5.43 Å². The van der Waals surface area contributed by atoms with E-state index in [0.29, 0.717) is 32.9 Å². The Balaban J connectivity index is 1.62. The standard InChI is InChI=1S/C26H23Cl2IN4O5/c1-3-37-21-12-16(13-30-33-26(36)25(35)32-20-6-4-5-18(27)23(20)28)11-19(29)24(21)38-14-22(34)31-17-9-7-15(2)8-10-17/h4-13H,3,14H2,1-2H3,(H,31,34)(H,32,35)(H,33,36)/b30-13-. The lowest BCUT2D eigenvalue weighted by atomic mass is 10.2. The van der Waals surface area contributed by atoms with Crippen LogP contribution in [-0.2, 0) is 14.4 Å². The maximum Gasteiger partial charge on any atom is 0.329 e. The van der Waals surface area contributed by atoms with E-state index >= 15 is 0 Å². The third kappa shape index (κ3) is 8.33. The molecule has 3 aromatic carbocycles. The van der Waals surface area contributed by atoms with Crippen molar-refractivity contribution in [2.24, 2.45) is 5.10 Å². The molecule has 3 rings (SSSR count). The number of halogens is 3. The third-order valence-corrected chi connectivity index (χ3v) is 6.42. The summed E-state index contributed by atoms with van der Waals surface area (Å²) in [5.41, 5.74) is 4.67. The van der Waals surface area contributed by atoms with Crippen LogP contribution in [0.2, 0.25) is 10.0 Å². The summed E-state index contributed by atoms with van der Waals surface area (Å²) in [5.74, 6) is -1.51. The van der Waals surface area contributed by atoms with Crippen LogP contribution in [0.25, 0.3) is 0 Å². The second-order valence-electron chi connectivity index (χ2n) is 7.72. The molecule has 38 heavy (non-hydrogen) atoms. The SMILES string of the molecule is CCOc1cc(/C=N\NC(=O)C(=O)Nc2cccc(Cl)c2Cl)cc(I)c1OCC(=O)Nc1ccc(C)cc1. The fraction of sp³-hybridized carbons (Fsp3) is 0.154. The average molecular weight is 669 g/mol. The average Bonchev–Trinajstić information content (AvgIpc) is 2.87. The van der Waals surface area contributed by atoms with Gasteiger partial charge in [-0.05, 0) is 78.4 Å². The molecule has 0 spiro atoms. The molecule has 198 valence electrons. The molecule has 12 heteroatoms. The molecule has 3 N–H and O–H groups in total. The van der Waals surface area contributed by atoms with Gasteiger partial charge in [0.05, 0.1) is 32.1 Å². The summed E-state index contributed by atoms with van der Waals surface area (Å²) < 4.78 is 12.1. The fourth-order valence-electron chi connectivity index (χ4n) is 3.03. The van der Waals surface area contributed by atoms with Gasteiger partial charge in [0.15, 0.2) is 18.1 Å². The number of rotatable bonds is 9. The summed E-state index contributed by atoms with van der Waals surface area (Å²) in [5, 5.41) is 9.34. The molecule has 9 nitrogen and oxygen atoms in total. The normalized spacial score (nSPS) is 10.7. The van der Waals surface area contributed by atoms with E-state index in [0.717, 1.165) is 5.56 Å². The molecule has 0 aliphatic heterocycles. The molecule has 0 aliphatic rings. The van der Waals surface area contributed by atoms with Gasteiger partial charge in [-0.2, -0.15) is 5.10 Å². The van der Waals surface area contributed by atoms with Crippen molar-refractivity contribution in [2.75, 3.05) is 23.8 Å². The molecule has 0 aromatic heterocycles. The first kappa shape index (κ1) is 29.2. The Morgan fingerprint density at radius 1 is 1.00 bits per heavy atom. The summed E-state index contributed by atoms with van der Waals surface area (Å²) in [6, 6.07) is 15.4. The van der Waals surface area contributed by atoms with Crippen LogP contribution in [0.5, 0.6) is 11.5 Å².